The average molecular weight is 219 g/mol. The van der Waals surface area contributed by atoms with Crippen LogP contribution in [-0.2, 0) is 9.53 Å². The normalized spacial score (nSPS) is 41.3. The first kappa shape index (κ1) is 12.4. The van der Waals surface area contributed by atoms with Crippen LogP contribution in [0.1, 0.15) is 13.3 Å². The molecule has 0 aromatic carbocycles. The molecule has 6 nitrogen and oxygen atoms in total. The van der Waals surface area contributed by atoms with E-state index >= 15 is 0 Å². The van der Waals surface area contributed by atoms with Crippen LogP contribution < -0.4 is 5.73 Å². The number of aliphatic hydroxyl groups excluding tert-OH is 3. The molecule has 1 fully saturated rings. The highest BCUT2D eigenvalue weighted by Gasteiger charge is 2.44. The molecular weight excluding hydrogens is 202 g/mol. The van der Waals surface area contributed by atoms with Gasteiger partial charge in [-0.05, 0) is 13.3 Å². The van der Waals surface area contributed by atoms with Gasteiger partial charge in [0.05, 0.1) is 24.7 Å². The third-order valence-electron chi connectivity index (χ3n) is 2.67. The maximum Gasteiger partial charge on any atom is 0.311 e. The lowest BCUT2D eigenvalue weighted by molar-refractivity contribution is -0.167. The number of aliphatic hydroxyl groups is 3. The minimum Gasteiger partial charge on any atom is -0.466 e. The Labute approximate surface area is 87.7 Å². The van der Waals surface area contributed by atoms with Crippen molar-refractivity contribution in [3.63, 3.8) is 0 Å². The Morgan fingerprint density at radius 1 is 1.33 bits per heavy atom. The fourth-order valence-electron chi connectivity index (χ4n) is 1.75. The van der Waals surface area contributed by atoms with Crippen LogP contribution in [0.25, 0.3) is 0 Å². The molecule has 1 saturated carbocycles. The SMILES string of the molecule is CCOC(=O)[C@@H]1C[C@@H](N)[C@H](O)[C@H](O)[C@H]1O. The quantitative estimate of drug-likeness (QED) is 0.399. The monoisotopic (exact) mass is 219 g/mol. The summed E-state index contributed by atoms with van der Waals surface area (Å²) in [7, 11) is 0. The molecule has 0 radical (unpaired) electrons. The van der Waals surface area contributed by atoms with Crippen molar-refractivity contribution >= 4 is 5.97 Å². The summed E-state index contributed by atoms with van der Waals surface area (Å²) in [6.45, 7) is 1.86. The Morgan fingerprint density at radius 2 is 1.93 bits per heavy atom. The molecule has 88 valence electrons. The number of hydrogen-bond acceptors (Lipinski definition) is 6. The van der Waals surface area contributed by atoms with E-state index < -0.39 is 36.2 Å². The van der Waals surface area contributed by atoms with E-state index in [1.54, 1.807) is 6.92 Å². The van der Waals surface area contributed by atoms with Gasteiger partial charge in [0.2, 0.25) is 0 Å². The van der Waals surface area contributed by atoms with Gasteiger partial charge in [0.15, 0.2) is 0 Å². The number of nitrogens with two attached hydrogens (primary N) is 1. The summed E-state index contributed by atoms with van der Waals surface area (Å²) < 4.78 is 4.74. The molecule has 1 rings (SSSR count). The van der Waals surface area contributed by atoms with Gasteiger partial charge in [0.25, 0.3) is 0 Å². The topological polar surface area (TPSA) is 113 Å². The van der Waals surface area contributed by atoms with Crippen LogP contribution in [0.15, 0.2) is 0 Å². The number of carbonyl (C=O) groups excluding carboxylic acids is 1. The van der Waals surface area contributed by atoms with Crippen LogP contribution in [-0.4, -0.2) is 52.2 Å². The molecular formula is C9H17NO5. The zero-order valence-electron chi connectivity index (χ0n) is 8.54. The molecule has 1 aliphatic carbocycles. The van der Waals surface area contributed by atoms with E-state index in [1.807, 2.05) is 0 Å². The van der Waals surface area contributed by atoms with E-state index in [1.165, 1.54) is 0 Å². The predicted molar refractivity (Wildman–Crippen MR) is 50.7 cm³/mol. The molecule has 5 N–H and O–H groups in total. The van der Waals surface area contributed by atoms with Crippen LogP contribution in [0.2, 0.25) is 0 Å². The van der Waals surface area contributed by atoms with E-state index in [2.05, 4.69) is 0 Å². The first-order valence-corrected chi connectivity index (χ1v) is 4.95. The van der Waals surface area contributed by atoms with Gasteiger partial charge in [0, 0.05) is 6.04 Å². The molecule has 0 aliphatic heterocycles. The summed E-state index contributed by atoms with van der Waals surface area (Å²) in [4.78, 5) is 11.4. The number of hydrogen-bond donors (Lipinski definition) is 4. The molecule has 0 amide bonds. The van der Waals surface area contributed by atoms with Crippen LogP contribution in [0, 0.1) is 5.92 Å². The Hall–Kier alpha value is -0.690. The lowest BCUT2D eigenvalue weighted by Gasteiger charge is -2.37. The lowest BCUT2D eigenvalue weighted by atomic mass is 9.80. The van der Waals surface area contributed by atoms with Crippen LogP contribution in [0.4, 0.5) is 0 Å². The highest BCUT2D eigenvalue weighted by molar-refractivity contribution is 5.73. The summed E-state index contributed by atoms with van der Waals surface area (Å²) in [6.07, 6.45) is -3.81. The first-order chi connectivity index (χ1) is 6.99. The first-order valence-electron chi connectivity index (χ1n) is 4.95. The molecule has 1 aliphatic rings. The highest BCUT2D eigenvalue weighted by atomic mass is 16.5. The van der Waals surface area contributed by atoms with Crippen LogP contribution >= 0.6 is 0 Å². The molecule has 5 atom stereocenters. The average Bonchev–Trinajstić information content (AvgIpc) is 2.20. The summed E-state index contributed by atoms with van der Waals surface area (Å²) in [5.74, 6) is -1.45. The third-order valence-corrected chi connectivity index (χ3v) is 2.67. The van der Waals surface area contributed by atoms with Crippen LogP contribution in [0.3, 0.4) is 0 Å². The van der Waals surface area contributed by atoms with Crippen LogP contribution in [0.5, 0.6) is 0 Å². The van der Waals surface area contributed by atoms with Crippen molar-refractivity contribution in [1.82, 2.24) is 0 Å². The van der Waals surface area contributed by atoms with Gasteiger partial charge in [-0.15, -0.1) is 0 Å². The number of carbonyl (C=O) groups is 1. The van der Waals surface area contributed by atoms with Gasteiger partial charge in [0.1, 0.15) is 6.10 Å². The molecule has 0 unspecified atom stereocenters. The third kappa shape index (κ3) is 2.46. The standard InChI is InChI=1S/C9H17NO5/c1-2-15-9(14)4-3-5(10)7(12)8(13)6(4)11/h4-8,11-13H,2-3,10H2,1H3/t4-,5-,6+,7+,8-/m1/s1. The van der Waals surface area contributed by atoms with Gasteiger partial charge in [-0.2, -0.15) is 0 Å². The molecule has 6 heteroatoms. The van der Waals surface area contributed by atoms with Gasteiger partial charge in [-0.1, -0.05) is 0 Å². The predicted octanol–water partition coefficient (Wildman–Crippen LogP) is -2.02. The minimum atomic E-state index is -1.40. The Kier molecular flexibility index (Phi) is 4.04. The second kappa shape index (κ2) is 4.89. The molecule has 0 aromatic heterocycles. The highest BCUT2D eigenvalue weighted by Crippen LogP contribution is 2.25. The molecule has 0 heterocycles. The second-order valence-electron chi connectivity index (χ2n) is 3.73. The van der Waals surface area contributed by atoms with Crippen molar-refractivity contribution in [2.24, 2.45) is 11.7 Å². The van der Waals surface area contributed by atoms with Crippen molar-refractivity contribution in [1.29, 1.82) is 0 Å². The van der Waals surface area contributed by atoms with Crippen molar-refractivity contribution in [3.05, 3.63) is 0 Å². The largest absolute Gasteiger partial charge is 0.466 e. The molecule has 0 aromatic rings. The smallest absolute Gasteiger partial charge is 0.311 e. The fraction of sp³-hybridized carbons (Fsp3) is 0.889. The number of esters is 1. The minimum absolute atomic E-state index is 0.109. The lowest BCUT2D eigenvalue weighted by Crippen LogP contribution is -2.58. The van der Waals surface area contributed by atoms with Crippen molar-refractivity contribution < 1.29 is 24.9 Å². The Morgan fingerprint density at radius 3 is 2.47 bits per heavy atom. The second-order valence-corrected chi connectivity index (χ2v) is 3.73. The Balaban J connectivity index is 2.70. The summed E-state index contributed by atoms with van der Waals surface area (Å²) >= 11 is 0. The fourth-order valence-corrected chi connectivity index (χ4v) is 1.75. The molecule has 15 heavy (non-hydrogen) atoms. The van der Waals surface area contributed by atoms with E-state index in [0.717, 1.165) is 0 Å². The van der Waals surface area contributed by atoms with Gasteiger partial charge in [-0.25, -0.2) is 0 Å². The number of rotatable bonds is 2. The van der Waals surface area contributed by atoms with Gasteiger partial charge < -0.3 is 25.8 Å². The van der Waals surface area contributed by atoms with Crippen molar-refractivity contribution in [3.8, 4) is 0 Å². The van der Waals surface area contributed by atoms with Crippen molar-refractivity contribution in [2.45, 2.75) is 37.7 Å². The van der Waals surface area contributed by atoms with E-state index in [9.17, 15) is 20.1 Å². The van der Waals surface area contributed by atoms with E-state index in [0.29, 0.717) is 0 Å². The number of ether oxygens (including phenoxy) is 1. The van der Waals surface area contributed by atoms with Crippen molar-refractivity contribution in [2.75, 3.05) is 6.61 Å². The maximum absolute atomic E-state index is 11.4. The summed E-state index contributed by atoms with van der Waals surface area (Å²) in [6, 6.07) is -0.724. The summed E-state index contributed by atoms with van der Waals surface area (Å²) in [5.41, 5.74) is 5.53. The zero-order chi connectivity index (χ0) is 11.6. The zero-order valence-corrected chi connectivity index (χ0v) is 8.54. The Bertz CT molecular complexity index is 235. The van der Waals surface area contributed by atoms with Gasteiger partial charge >= 0.3 is 5.97 Å². The van der Waals surface area contributed by atoms with Gasteiger partial charge in [-0.3, -0.25) is 4.79 Å². The molecule has 0 saturated heterocycles. The molecule has 0 spiro atoms. The molecule has 0 bridgehead atoms. The van der Waals surface area contributed by atoms with E-state index in [4.69, 9.17) is 10.5 Å². The van der Waals surface area contributed by atoms with E-state index in [-0.39, 0.29) is 13.0 Å². The summed E-state index contributed by atoms with van der Waals surface area (Å²) in [5, 5.41) is 28.3. The maximum atomic E-state index is 11.4.